The van der Waals surface area contributed by atoms with E-state index in [1.165, 1.54) is 13.8 Å². The highest BCUT2D eigenvalue weighted by molar-refractivity contribution is 5.80. The fourth-order valence-corrected chi connectivity index (χ4v) is 3.88. The molecule has 2 aromatic rings. The first kappa shape index (κ1) is 23.2. The Bertz CT molecular complexity index is 891. The maximum atomic E-state index is 13.8. The first-order valence-corrected chi connectivity index (χ1v) is 9.85. The molecule has 1 unspecified atom stereocenters. The van der Waals surface area contributed by atoms with Crippen molar-refractivity contribution in [3.05, 3.63) is 53.9 Å². The lowest BCUT2D eigenvalue weighted by Crippen LogP contribution is -2.51. The van der Waals surface area contributed by atoms with Crippen LogP contribution in [0, 0.1) is 0 Å². The van der Waals surface area contributed by atoms with Crippen LogP contribution in [0.5, 0.6) is 0 Å². The highest BCUT2D eigenvalue weighted by Gasteiger charge is 2.52. The molecule has 0 saturated carbocycles. The summed E-state index contributed by atoms with van der Waals surface area (Å²) in [6, 6.07) is 9.35. The molecular weight excluding hydrogens is 411 g/mol. The zero-order valence-electron chi connectivity index (χ0n) is 17.6. The molecule has 2 heterocycles. The molecule has 31 heavy (non-hydrogen) atoms. The van der Waals surface area contributed by atoms with E-state index in [0.717, 1.165) is 16.0 Å². The maximum absolute atomic E-state index is 13.8. The summed E-state index contributed by atoms with van der Waals surface area (Å²) in [5.41, 5.74) is 7.63. The van der Waals surface area contributed by atoms with E-state index >= 15 is 0 Å². The number of amides is 1. The summed E-state index contributed by atoms with van der Waals surface area (Å²) in [7, 11) is 1.57. The van der Waals surface area contributed by atoms with E-state index in [1.807, 2.05) is 24.3 Å². The summed E-state index contributed by atoms with van der Waals surface area (Å²) in [6.45, 7) is 2.32. The van der Waals surface area contributed by atoms with Gasteiger partial charge >= 0.3 is 6.43 Å². The molecule has 1 aliphatic rings. The van der Waals surface area contributed by atoms with Crippen LogP contribution in [0.3, 0.4) is 0 Å². The van der Waals surface area contributed by atoms with Crippen LogP contribution < -0.4 is 5.73 Å². The predicted octanol–water partition coefficient (Wildman–Crippen LogP) is 3.63. The minimum atomic E-state index is -3.23. The van der Waals surface area contributed by atoms with Crippen molar-refractivity contribution in [3.8, 4) is 11.1 Å². The van der Waals surface area contributed by atoms with Gasteiger partial charge in [-0.25, -0.2) is 4.39 Å². The molecule has 0 radical (unpaired) electrons. The number of nitrogens with zero attached hydrogens (tertiary/aromatic N) is 2. The largest absolute Gasteiger partial charge is 0.383 e. The first-order chi connectivity index (χ1) is 14.7. The van der Waals surface area contributed by atoms with Gasteiger partial charge in [-0.3, -0.25) is 9.78 Å². The van der Waals surface area contributed by atoms with Crippen LogP contribution in [0.15, 0.2) is 42.6 Å². The third kappa shape index (κ3) is 4.73. The summed E-state index contributed by atoms with van der Waals surface area (Å²) in [4.78, 5) is 17.1. The Morgan fingerprint density at radius 3 is 2.39 bits per heavy atom. The van der Waals surface area contributed by atoms with Crippen LogP contribution in [-0.4, -0.2) is 54.4 Å². The zero-order valence-corrected chi connectivity index (χ0v) is 17.6. The van der Waals surface area contributed by atoms with Gasteiger partial charge in [0.1, 0.15) is 18.5 Å². The van der Waals surface area contributed by atoms with Crippen molar-refractivity contribution in [3.63, 3.8) is 0 Å². The molecule has 3 rings (SSSR count). The standard InChI is InChI=1S/C22H26F3N3O3/c1-22(2)28(21(29)20(24)25)18(10-23)19(31-22)14-6-4-13(5-7-14)15-8-9-17(27-11-15)16(26)12-30-3/h4-9,11,16,18-20H,10,12,26H2,1-3H3/t16?,18-,19-/m1/s1. The quantitative estimate of drug-likeness (QED) is 0.716. The number of aromatic nitrogens is 1. The van der Waals surface area contributed by atoms with Crippen LogP contribution >= 0.6 is 0 Å². The number of ether oxygens (including phenoxy) is 2. The zero-order chi connectivity index (χ0) is 22.8. The fourth-order valence-electron chi connectivity index (χ4n) is 3.88. The number of nitrogens with two attached hydrogens (primary N) is 1. The van der Waals surface area contributed by atoms with E-state index in [-0.39, 0.29) is 6.04 Å². The van der Waals surface area contributed by atoms with Crippen molar-refractivity contribution in [2.75, 3.05) is 20.4 Å². The number of benzene rings is 1. The molecule has 1 aromatic heterocycles. The Morgan fingerprint density at radius 2 is 1.87 bits per heavy atom. The Morgan fingerprint density at radius 1 is 1.23 bits per heavy atom. The topological polar surface area (TPSA) is 77.7 Å². The molecule has 1 fully saturated rings. The van der Waals surface area contributed by atoms with Crippen molar-refractivity contribution < 1.29 is 27.4 Å². The van der Waals surface area contributed by atoms with Gasteiger partial charge in [0, 0.05) is 18.9 Å². The molecule has 0 spiro atoms. The third-order valence-electron chi connectivity index (χ3n) is 5.34. The lowest BCUT2D eigenvalue weighted by molar-refractivity contribution is -0.159. The number of carbonyl (C=O) groups is 1. The van der Waals surface area contributed by atoms with Crippen molar-refractivity contribution >= 4 is 5.91 Å². The monoisotopic (exact) mass is 437 g/mol. The average molecular weight is 437 g/mol. The van der Waals surface area contributed by atoms with Crippen LogP contribution in [0.1, 0.15) is 37.3 Å². The van der Waals surface area contributed by atoms with Crippen LogP contribution in [0.4, 0.5) is 13.2 Å². The summed E-state index contributed by atoms with van der Waals surface area (Å²) in [6.07, 6.45) is -2.39. The third-order valence-corrected chi connectivity index (χ3v) is 5.34. The van der Waals surface area contributed by atoms with Gasteiger partial charge in [-0.15, -0.1) is 0 Å². The molecule has 168 valence electrons. The highest BCUT2D eigenvalue weighted by Crippen LogP contribution is 2.42. The number of carbonyl (C=O) groups excluding carboxylic acids is 1. The first-order valence-electron chi connectivity index (χ1n) is 9.85. The number of hydrogen-bond acceptors (Lipinski definition) is 5. The molecule has 3 atom stereocenters. The van der Waals surface area contributed by atoms with E-state index in [0.29, 0.717) is 17.9 Å². The molecule has 1 aliphatic heterocycles. The number of halogens is 3. The van der Waals surface area contributed by atoms with Crippen molar-refractivity contribution in [2.24, 2.45) is 5.73 Å². The Kier molecular flexibility index (Phi) is 6.98. The number of methoxy groups -OCH3 is 1. The SMILES string of the molecule is COCC(N)c1ccc(-c2ccc([C@H]3OC(C)(C)N(C(=O)C(F)F)[C@@H]3CF)cc2)cn1. The van der Waals surface area contributed by atoms with Crippen LogP contribution in [0.25, 0.3) is 11.1 Å². The molecular formula is C22H26F3N3O3. The minimum Gasteiger partial charge on any atom is -0.383 e. The Balaban J connectivity index is 1.81. The van der Waals surface area contributed by atoms with Crippen molar-refractivity contribution in [1.29, 1.82) is 0 Å². The molecule has 0 bridgehead atoms. The van der Waals surface area contributed by atoms with Crippen LogP contribution in [0.2, 0.25) is 0 Å². The molecule has 6 nitrogen and oxygen atoms in total. The summed E-state index contributed by atoms with van der Waals surface area (Å²) >= 11 is 0. The van der Waals surface area contributed by atoms with E-state index in [9.17, 15) is 18.0 Å². The molecule has 1 aromatic carbocycles. The highest BCUT2D eigenvalue weighted by atomic mass is 19.3. The van der Waals surface area contributed by atoms with Gasteiger partial charge in [0.2, 0.25) is 0 Å². The normalized spacial score (nSPS) is 21.5. The minimum absolute atomic E-state index is 0.319. The van der Waals surface area contributed by atoms with E-state index in [1.54, 1.807) is 25.4 Å². The second kappa shape index (κ2) is 9.33. The van der Waals surface area contributed by atoms with Gasteiger partial charge in [0.05, 0.1) is 24.4 Å². The lowest BCUT2D eigenvalue weighted by Gasteiger charge is -2.32. The van der Waals surface area contributed by atoms with Gasteiger partial charge in [-0.1, -0.05) is 30.3 Å². The predicted molar refractivity (Wildman–Crippen MR) is 109 cm³/mol. The Hall–Kier alpha value is -2.49. The van der Waals surface area contributed by atoms with Crippen LogP contribution in [-0.2, 0) is 14.3 Å². The average Bonchev–Trinajstić information content (AvgIpc) is 3.03. The molecule has 1 saturated heterocycles. The number of pyridine rings is 1. The molecule has 9 heteroatoms. The van der Waals surface area contributed by atoms with E-state index in [4.69, 9.17) is 15.2 Å². The number of hydrogen-bond donors (Lipinski definition) is 1. The summed E-state index contributed by atoms with van der Waals surface area (Å²) in [5.74, 6) is -1.44. The summed E-state index contributed by atoms with van der Waals surface area (Å²) < 4.78 is 50.7. The van der Waals surface area contributed by atoms with Gasteiger partial charge in [0.25, 0.3) is 5.91 Å². The molecule has 2 N–H and O–H groups in total. The smallest absolute Gasteiger partial charge is 0.315 e. The van der Waals surface area contributed by atoms with Gasteiger partial charge in [-0.2, -0.15) is 8.78 Å². The van der Waals surface area contributed by atoms with Crippen molar-refractivity contribution in [1.82, 2.24) is 9.88 Å². The Labute approximate surface area is 179 Å². The number of alkyl halides is 3. The second-order valence-electron chi connectivity index (χ2n) is 7.87. The molecule has 1 amide bonds. The maximum Gasteiger partial charge on any atom is 0.315 e. The lowest BCUT2D eigenvalue weighted by atomic mass is 9.99. The van der Waals surface area contributed by atoms with E-state index in [2.05, 4.69) is 4.98 Å². The van der Waals surface area contributed by atoms with Gasteiger partial charge in [0.15, 0.2) is 0 Å². The molecule has 0 aliphatic carbocycles. The van der Waals surface area contributed by atoms with Gasteiger partial charge < -0.3 is 20.1 Å². The van der Waals surface area contributed by atoms with Crippen molar-refractivity contribution in [2.45, 2.75) is 44.2 Å². The van der Waals surface area contributed by atoms with E-state index < -0.39 is 36.9 Å². The fraction of sp³-hybridized carbons (Fsp3) is 0.455. The summed E-state index contributed by atoms with van der Waals surface area (Å²) in [5, 5.41) is 0. The number of rotatable bonds is 7. The van der Waals surface area contributed by atoms with Gasteiger partial charge in [-0.05, 0) is 31.0 Å². The second-order valence-corrected chi connectivity index (χ2v) is 7.87.